The van der Waals surface area contributed by atoms with Gasteiger partial charge in [-0.1, -0.05) is 66.6 Å². The van der Waals surface area contributed by atoms with Crippen LogP contribution in [0.15, 0.2) is 60.7 Å². The summed E-state index contributed by atoms with van der Waals surface area (Å²) < 4.78 is 5.64. The van der Waals surface area contributed by atoms with Crippen LogP contribution in [0.2, 0.25) is 0 Å². The molecule has 4 heteroatoms. The van der Waals surface area contributed by atoms with Gasteiger partial charge in [-0.25, -0.2) is 4.79 Å². The second-order valence-electron chi connectivity index (χ2n) is 6.63. The molecule has 2 aromatic rings. The van der Waals surface area contributed by atoms with Crippen molar-refractivity contribution in [3.8, 4) is 12.3 Å². The summed E-state index contributed by atoms with van der Waals surface area (Å²) in [5, 5.41) is 2.79. The van der Waals surface area contributed by atoms with Gasteiger partial charge < -0.3 is 10.1 Å². The summed E-state index contributed by atoms with van der Waals surface area (Å²) in [4.78, 5) is 14.5. The molecule has 1 saturated heterocycles. The van der Waals surface area contributed by atoms with Crippen molar-refractivity contribution in [3.63, 3.8) is 0 Å². The van der Waals surface area contributed by atoms with Gasteiger partial charge in [0.1, 0.15) is 0 Å². The van der Waals surface area contributed by atoms with Crippen LogP contribution < -0.4 is 5.32 Å². The second kappa shape index (κ2) is 8.55. The Balaban J connectivity index is 1.49. The van der Waals surface area contributed by atoms with Crippen LogP contribution in [0.1, 0.15) is 24.0 Å². The quantitative estimate of drug-likeness (QED) is 0.840. The molecule has 1 N–H and O–H groups in total. The fraction of sp³-hybridized carbons (Fsp3) is 0.318. The van der Waals surface area contributed by atoms with E-state index in [9.17, 15) is 4.79 Å². The van der Waals surface area contributed by atoms with E-state index in [1.54, 1.807) is 0 Å². The van der Waals surface area contributed by atoms with Crippen molar-refractivity contribution in [3.05, 3.63) is 71.8 Å². The zero-order chi connectivity index (χ0) is 18.2. The Kier molecular flexibility index (Phi) is 5.93. The van der Waals surface area contributed by atoms with E-state index in [0.29, 0.717) is 19.4 Å². The monoisotopic (exact) mass is 348 g/mol. The molecule has 26 heavy (non-hydrogen) atoms. The Hall–Kier alpha value is -2.77. The van der Waals surface area contributed by atoms with Crippen LogP contribution in [-0.2, 0) is 17.8 Å². The van der Waals surface area contributed by atoms with Crippen LogP contribution in [-0.4, -0.2) is 29.7 Å². The number of hydrogen-bond acceptors (Lipinski definition) is 3. The summed E-state index contributed by atoms with van der Waals surface area (Å²) in [6.45, 7) is 2.94. The van der Waals surface area contributed by atoms with Crippen molar-refractivity contribution >= 4 is 6.09 Å². The molecule has 1 aliphatic heterocycles. The van der Waals surface area contributed by atoms with E-state index in [-0.39, 0.29) is 0 Å². The molecule has 0 aliphatic carbocycles. The highest BCUT2D eigenvalue weighted by molar-refractivity contribution is 5.68. The van der Waals surface area contributed by atoms with Gasteiger partial charge in [0.25, 0.3) is 0 Å². The lowest BCUT2D eigenvalue weighted by Crippen LogP contribution is -2.47. The molecule has 2 aromatic carbocycles. The van der Waals surface area contributed by atoms with Crippen LogP contribution in [0.5, 0.6) is 0 Å². The van der Waals surface area contributed by atoms with Gasteiger partial charge in [0.05, 0.1) is 0 Å². The summed E-state index contributed by atoms with van der Waals surface area (Å²) in [7, 11) is 0. The van der Waals surface area contributed by atoms with Gasteiger partial charge in [0, 0.05) is 39.0 Å². The number of benzene rings is 2. The molecule has 0 saturated carbocycles. The number of carbonyl (C=O) groups excluding carboxylic acids is 1. The molecule has 0 radical (unpaired) electrons. The number of nitrogens with one attached hydrogen (secondary N) is 1. The number of rotatable bonds is 5. The second-order valence-corrected chi connectivity index (χ2v) is 6.63. The van der Waals surface area contributed by atoms with E-state index in [1.165, 1.54) is 5.56 Å². The maximum atomic E-state index is 12.2. The normalized spacial score (nSPS) is 16.4. The van der Waals surface area contributed by atoms with Crippen LogP contribution in [0, 0.1) is 12.3 Å². The van der Waals surface area contributed by atoms with E-state index in [2.05, 4.69) is 28.3 Å². The molecular weight excluding hydrogens is 324 g/mol. The molecule has 134 valence electrons. The Morgan fingerprint density at radius 2 is 1.62 bits per heavy atom. The van der Waals surface area contributed by atoms with Crippen LogP contribution in [0.3, 0.4) is 0 Å². The molecule has 3 rings (SSSR count). The minimum Gasteiger partial charge on any atom is -0.430 e. The number of alkyl carbamates (subject to hydrolysis) is 1. The van der Waals surface area contributed by atoms with Gasteiger partial charge in [-0.05, 0) is 11.1 Å². The predicted octanol–water partition coefficient (Wildman–Crippen LogP) is 3.58. The van der Waals surface area contributed by atoms with Crippen LogP contribution >= 0.6 is 0 Å². The Morgan fingerprint density at radius 3 is 2.19 bits per heavy atom. The first-order valence-corrected chi connectivity index (χ1v) is 8.94. The minimum atomic E-state index is -0.812. The Labute approximate surface area is 155 Å². The van der Waals surface area contributed by atoms with Crippen molar-refractivity contribution in [2.75, 3.05) is 13.1 Å². The van der Waals surface area contributed by atoms with Crippen molar-refractivity contribution in [2.24, 2.45) is 0 Å². The summed E-state index contributed by atoms with van der Waals surface area (Å²) in [5.74, 6) is 2.72. The SMILES string of the molecule is C#CC1(OC(=O)NCc2ccccc2)CCN(Cc2ccccc2)CC1. The molecule has 1 heterocycles. The van der Waals surface area contributed by atoms with Gasteiger partial charge in [-0.15, -0.1) is 6.42 Å². The van der Waals surface area contributed by atoms with Crippen molar-refractivity contribution in [1.29, 1.82) is 0 Å². The van der Waals surface area contributed by atoms with Gasteiger partial charge in [-0.2, -0.15) is 0 Å². The maximum absolute atomic E-state index is 12.2. The van der Waals surface area contributed by atoms with E-state index < -0.39 is 11.7 Å². The lowest BCUT2D eigenvalue weighted by atomic mass is 9.92. The number of hydrogen-bond donors (Lipinski definition) is 1. The van der Waals surface area contributed by atoms with Crippen molar-refractivity contribution in [2.45, 2.75) is 31.5 Å². The first-order valence-electron chi connectivity index (χ1n) is 8.94. The fourth-order valence-corrected chi connectivity index (χ4v) is 3.17. The highest BCUT2D eigenvalue weighted by Crippen LogP contribution is 2.27. The lowest BCUT2D eigenvalue weighted by molar-refractivity contribution is 0.00333. The van der Waals surface area contributed by atoms with Gasteiger partial charge >= 0.3 is 6.09 Å². The largest absolute Gasteiger partial charge is 0.430 e. The van der Waals surface area contributed by atoms with E-state index in [1.807, 2.05) is 48.5 Å². The number of carbonyl (C=O) groups is 1. The highest BCUT2D eigenvalue weighted by atomic mass is 16.6. The molecule has 1 aliphatic rings. The van der Waals surface area contributed by atoms with Gasteiger partial charge in [0.15, 0.2) is 5.60 Å². The first-order chi connectivity index (χ1) is 12.7. The summed E-state index contributed by atoms with van der Waals surface area (Å²) in [5.41, 5.74) is 1.49. The summed E-state index contributed by atoms with van der Waals surface area (Å²) in [6, 6.07) is 20.1. The molecular formula is C22H24N2O2. The Bertz CT molecular complexity index is 745. The van der Waals surface area contributed by atoms with Crippen molar-refractivity contribution < 1.29 is 9.53 Å². The highest BCUT2D eigenvalue weighted by Gasteiger charge is 2.36. The minimum absolute atomic E-state index is 0.431. The number of terminal acetylenes is 1. The number of nitrogens with zero attached hydrogens (tertiary/aromatic N) is 1. The predicted molar refractivity (Wildman–Crippen MR) is 102 cm³/mol. The molecule has 0 bridgehead atoms. The molecule has 4 nitrogen and oxygen atoms in total. The smallest absolute Gasteiger partial charge is 0.408 e. The third kappa shape index (κ3) is 4.87. The van der Waals surface area contributed by atoms with E-state index in [4.69, 9.17) is 11.2 Å². The molecule has 0 unspecified atom stereocenters. The van der Waals surface area contributed by atoms with Crippen LogP contribution in [0.4, 0.5) is 4.79 Å². The summed E-state index contributed by atoms with van der Waals surface area (Å²) in [6.07, 6.45) is 6.56. The fourth-order valence-electron chi connectivity index (χ4n) is 3.17. The zero-order valence-electron chi connectivity index (χ0n) is 14.9. The number of piperidine rings is 1. The number of ether oxygens (including phenoxy) is 1. The topological polar surface area (TPSA) is 41.6 Å². The standard InChI is InChI=1S/C22H24N2O2/c1-2-22(26-21(25)23-17-19-9-5-3-6-10-19)13-15-24(16-14-22)18-20-11-7-4-8-12-20/h1,3-12H,13-18H2,(H,23,25). The van der Waals surface area contributed by atoms with Gasteiger partial charge in [0.2, 0.25) is 0 Å². The molecule has 0 aromatic heterocycles. The third-order valence-corrected chi connectivity index (χ3v) is 4.74. The van der Waals surface area contributed by atoms with Crippen molar-refractivity contribution in [1.82, 2.24) is 10.2 Å². The molecule has 0 spiro atoms. The zero-order valence-corrected chi connectivity index (χ0v) is 14.9. The van der Waals surface area contributed by atoms with E-state index in [0.717, 1.165) is 25.2 Å². The van der Waals surface area contributed by atoms with Gasteiger partial charge in [-0.3, -0.25) is 4.90 Å². The Morgan fingerprint density at radius 1 is 1.04 bits per heavy atom. The average molecular weight is 348 g/mol. The van der Waals surface area contributed by atoms with Crippen LogP contribution in [0.25, 0.3) is 0 Å². The third-order valence-electron chi connectivity index (χ3n) is 4.74. The molecule has 1 amide bonds. The average Bonchev–Trinajstić information content (AvgIpc) is 2.70. The number of likely N-dealkylation sites (tertiary alicyclic amines) is 1. The summed E-state index contributed by atoms with van der Waals surface area (Å²) >= 11 is 0. The lowest BCUT2D eigenvalue weighted by Gasteiger charge is -2.37. The molecule has 0 atom stereocenters. The number of amides is 1. The molecule has 1 fully saturated rings. The first kappa shape index (κ1) is 18.0. The van der Waals surface area contributed by atoms with E-state index >= 15 is 0 Å². The maximum Gasteiger partial charge on any atom is 0.408 e.